The Morgan fingerprint density at radius 1 is 1.31 bits per heavy atom. The number of fused-ring (bicyclic) bond motifs is 3. The summed E-state index contributed by atoms with van der Waals surface area (Å²) in [5.41, 5.74) is 5.01. The quantitative estimate of drug-likeness (QED) is 0.459. The molecule has 5 nitrogen and oxygen atoms in total. The monoisotopic (exact) mass is 459 g/mol. The molecule has 2 atom stereocenters. The number of carbonyl (C=O) groups is 1. The zero-order valence-electron chi connectivity index (χ0n) is 14.3. The molecule has 1 aliphatic heterocycles. The van der Waals surface area contributed by atoms with Gasteiger partial charge in [-0.3, -0.25) is 9.89 Å². The molecule has 2 N–H and O–H groups in total. The van der Waals surface area contributed by atoms with Crippen molar-refractivity contribution in [1.29, 1.82) is 0 Å². The molecule has 1 spiro atoms. The fraction of sp³-hybridized carbons (Fsp3) is 0.300. The molecule has 1 aliphatic carbocycles. The molecule has 2 heterocycles. The highest BCUT2D eigenvalue weighted by Gasteiger charge is 2.64. The summed E-state index contributed by atoms with van der Waals surface area (Å²) >= 11 is 2.34. The van der Waals surface area contributed by atoms with Crippen LogP contribution in [0.3, 0.4) is 0 Å². The molecule has 0 bridgehead atoms. The van der Waals surface area contributed by atoms with E-state index < -0.39 is 5.41 Å². The Kier molecular flexibility index (Phi) is 3.53. The standard InChI is InChI=1S/C20H18IN3O2/c1-26-13-3-5-16-15(8-13)20(19(25)22-16)9-12(20)6-11-2-4-14-17(7-11)23-24-18(14)10-21/h2-5,7-8,12H,6,9-10H2,1H3,(H,22,25)(H,23,24)/t12-,20-/m1/s1. The number of anilines is 1. The van der Waals surface area contributed by atoms with Gasteiger partial charge in [0.1, 0.15) is 5.75 Å². The van der Waals surface area contributed by atoms with E-state index in [-0.39, 0.29) is 5.91 Å². The first-order valence-electron chi connectivity index (χ1n) is 8.67. The molecule has 2 aliphatic rings. The number of rotatable bonds is 4. The number of alkyl halides is 1. The van der Waals surface area contributed by atoms with Gasteiger partial charge in [0.2, 0.25) is 5.91 Å². The second kappa shape index (κ2) is 5.70. The van der Waals surface area contributed by atoms with Crippen LogP contribution in [0.5, 0.6) is 5.75 Å². The van der Waals surface area contributed by atoms with Gasteiger partial charge in [0.05, 0.1) is 23.7 Å². The van der Waals surface area contributed by atoms with E-state index in [2.05, 4.69) is 56.3 Å². The molecule has 5 rings (SSSR count). The van der Waals surface area contributed by atoms with Gasteiger partial charge in [-0.05, 0) is 54.2 Å². The number of carbonyl (C=O) groups excluding carboxylic acids is 1. The Labute approximate surface area is 164 Å². The van der Waals surface area contributed by atoms with E-state index in [1.807, 2.05) is 18.2 Å². The van der Waals surface area contributed by atoms with Gasteiger partial charge in [-0.15, -0.1) is 0 Å². The lowest BCUT2D eigenvalue weighted by Gasteiger charge is -2.10. The van der Waals surface area contributed by atoms with Crippen LogP contribution in [0.4, 0.5) is 5.69 Å². The van der Waals surface area contributed by atoms with E-state index in [0.717, 1.165) is 45.5 Å². The van der Waals surface area contributed by atoms with Crippen molar-refractivity contribution in [3.63, 3.8) is 0 Å². The number of halogens is 1. The molecule has 3 aromatic rings. The summed E-state index contributed by atoms with van der Waals surface area (Å²) in [6, 6.07) is 12.3. The molecule has 0 unspecified atom stereocenters. The van der Waals surface area contributed by atoms with Crippen LogP contribution >= 0.6 is 22.6 Å². The molecule has 1 aromatic heterocycles. The van der Waals surface area contributed by atoms with Crippen LogP contribution in [-0.2, 0) is 21.1 Å². The van der Waals surface area contributed by atoms with Crippen molar-refractivity contribution in [2.24, 2.45) is 5.92 Å². The molecule has 1 fully saturated rings. The van der Waals surface area contributed by atoms with E-state index in [0.29, 0.717) is 5.92 Å². The van der Waals surface area contributed by atoms with E-state index in [4.69, 9.17) is 4.74 Å². The number of hydrogen-bond donors (Lipinski definition) is 2. The van der Waals surface area contributed by atoms with Gasteiger partial charge in [-0.2, -0.15) is 5.10 Å². The minimum Gasteiger partial charge on any atom is -0.497 e. The van der Waals surface area contributed by atoms with Crippen molar-refractivity contribution in [3.8, 4) is 5.75 Å². The van der Waals surface area contributed by atoms with Crippen molar-refractivity contribution >= 4 is 45.1 Å². The topological polar surface area (TPSA) is 67.0 Å². The van der Waals surface area contributed by atoms with Crippen LogP contribution in [0.15, 0.2) is 36.4 Å². The number of benzene rings is 2. The number of H-pyrrole nitrogens is 1. The Bertz CT molecular complexity index is 1040. The normalized spacial score (nSPS) is 23.3. The predicted molar refractivity (Wildman–Crippen MR) is 109 cm³/mol. The van der Waals surface area contributed by atoms with E-state index >= 15 is 0 Å². The summed E-state index contributed by atoms with van der Waals surface area (Å²) in [7, 11) is 1.66. The Balaban J connectivity index is 1.45. The summed E-state index contributed by atoms with van der Waals surface area (Å²) in [5, 5.41) is 11.7. The first-order valence-corrected chi connectivity index (χ1v) is 10.2. The minimum atomic E-state index is -0.391. The largest absolute Gasteiger partial charge is 0.497 e. The van der Waals surface area contributed by atoms with Gasteiger partial charge in [0, 0.05) is 15.5 Å². The van der Waals surface area contributed by atoms with Crippen LogP contribution in [0.1, 0.15) is 23.2 Å². The Hall–Kier alpha value is -2.09. The number of ether oxygens (including phenoxy) is 1. The smallest absolute Gasteiger partial charge is 0.235 e. The van der Waals surface area contributed by atoms with Gasteiger partial charge < -0.3 is 10.1 Å². The van der Waals surface area contributed by atoms with Gasteiger partial charge in [-0.25, -0.2) is 0 Å². The first kappa shape index (κ1) is 16.1. The molecule has 6 heteroatoms. The third-order valence-corrected chi connectivity index (χ3v) is 6.54. The average Bonchev–Trinajstić information content (AvgIpc) is 3.11. The molecule has 0 saturated heterocycles. The average molecular weight is 459 g/mol. The van der Waals surface area contributed by atoms with Crippen molar-refractivity contribution in [2.75, 3.05) is 12.4 Å². The molecular formula is C20H18IN3O2. The highest BCUT2D eigenvalue weighted by atomic mass is 127. The zero-order chi connectivity index (χ0) is 17.9. The number of aromatic nitrogens is 2. The lowest BCUT2D eigenvalue weighted by molar-refractivity contribution is -0.118. The van der Waals surface area contributed by atoms with Crippen LogP contribution < -0.4 is 10.1 Å². The van der Waals surface area contributed by atoms with Crippen molar-refractivity contribution in [3.05, 3.63) is 53.2 Å². The van der Waals surface area contributed by atoms with Gasteiger partial charge in [0.15, 0.2) is 0 Å². The maximum atomic E-state index is 12.7. The van der Waals surface area contributed by atoms with Crippen molar-refractivity contribution in [1.82, 2.24) is 10.2 Å². The fourth-order valence-electron chi connectivity index (χ4n) is 4.29. The molecule has 1 amide bonds. The fourth-order valence-corrected chi connectivity index (χ4v) is 4.88. The summed E-state index contributed by atoms with van der Waals surface area (Å²) in [6.45, 7) is 0. The van der Waals surface area contributed by atoms with E-state index in [9.17, 15) is 4.79 Å². The third-order valence-electron chi connectivity index (χ3n) is 5.78. The second-order valence-electron chi connectivity index (χ2n) is 7.13. The maximum Gasteiger partial charge on any atom is 0.235 e. The molecule has 0 radical (unpaired) electrons. The summed E-state index contributed by atoms with van der Waals surface area (Å²) in [6.07, 6.45) is 1.77. The van der Waals surface area contributed by atoms with Gasteiger partial charge in [-0.1, -0.05) is 34.7 Å². The lowest BCUT2D eigenvalue weighted by Crippen LogP contribution is -2.22. The summed E-state index contributed by atoms with van der Waals surface area (Å²) < 4.78 is 6.27. The highest BCUT2D eigenvalue weighted by molar-refractivity contribution is 14.1. The summed E-state index contributed by atoms with van der Waals surface area (Å²) in [4.78, 5) is 12.7. The van der Waals surface area contributed by atoms with Gasteiger partial charge >= 0.3 is 0 Å². The predicted octanol–water partition coefficient (Wildman–Crippen LogP) is 3.96. The number of methoxy groups -OCH3 is 1. The van der Waals surface area contributed by atoms with Crippen LogP contribution in [-0.4, -0.2) is 23.2 Å². The highest BCUT2D eigenvalue weighted by Crippen LogP contribution is 2.61. The maximum absolute atomic E-state index is 12.7. The number of nitrogens with one attached hydrogen (secondary N) is 2. The molecule has 26 heavy (non-hydrogen) atoms. The Morgan fingerprint density at radius 3 is 3.00 bits per heavy atom. The molecule has 1 saturated carbocycles. The molecule has 132 valence electrons. The number of hydrogen-bond acceptors (Lipinski definition) is 3. The van der Waals surface area contributed by atoms with Crippen LogP contribution in [0.25, 0.3) is 10.9 Å². The Morgan fingerprint density at radius 2 is 2.19 bits per heavy atom. The van der Waals surface area contributed by atoms with Crippen molar-refractivity contribution in [2.45, 2.75) is 22.7 Å². The second-order valence-corrected chi connectivity index (χ2v) is 7.89. The van der Waals surface area contributed by atoms with Crippen molar-refractivity contribution < 1.29 is 9.53 Å². The van der Waals surface area contributed by atoms with Crippen LogP contribution in [0.2, 0.25) is 0 Å². The molecule has 2 aromatic carbocycles. The molecular weight excluding hydrogens is 441 g/mol. The number of amides is 1. The van der Waals surface area contributed by atoms with E-state index in [1.165, 1.54) is 10.9 Å². The zero-order valence-corrected chi connectivity index (χ0v) is 16.5. The van der Waals surface area contributed by atoms with E-state index in [1.54, 1.807) is 7.11 Å². The first-order chi connectivity index (χ1) is 12.7. The lowest BCUT2D eigenvalue weighted by atomic mass is 9.92. The minimum absolute atomic E-state index is 0.124. The SMILES string of the molecule is COc1ccc2c(c1)[C@]1(C[C@H]1Cc1ccc3c(CI)[nH]nc3c1)C(=O)N2. The number of aromatic amines is 1. The number of nitrogens with zero attached hydrogens (tertiary/aromatic N) is 1. The summed E-state index contributed by atoms with van der Waals surface area (Å²) in [5.74, 6) is 1.24. The third kappa shape index (κ3) is 2.21. The van der Waals surface area contributed by atoms with Crippen LogP contribution in [0, 0.1) is 5.92 Å². The van der Waals surface area contributed by atoms with Gasteiger partial charge in [0.25, 0.3) is 0 Å².